The van der Waals surface area contributed by atoms with Crippen LogP contribution >= 0.6 is 0 Å². The van der Waals surface area contributed by atoms with E-state index in [-0.39, 0.29) is 35.5 Å². The molecule has 0 saturated heterocycles. The molecule has 0 bridgehead atoms. The molecule has 4 aromatic rings. The van der Waals surface area contributed by atoms with Crippen LogP contribution in [0, 0.1) is 0 Å². The van der Waals surface area contributed by atoms with Gasteiger partial charge in [-0.3, -0.25) is 13.9 Å². The molecular weight excluding hydrogens is 598 g/mol. The van der Waals surface area contributed by atoms with E-state index in [9.17, 15) is 18.0 Å². The van der Waals surface area contributed by atoms with Gasteiger partial charge in [-0.25, -0.2) is 8.42 Å². The smallest absolute Gasteiger partial charge is 0.264 e. The Balaban J connectivity index is 1.56. The number of methoxy groups -OCH3 is 1. The number of sulfonamides is 1. The number of amides is 2. The largest absolute Gasteiger partial charge is 0.495 e. The number of para-hydroxylation sites is 2. The molecule has 0 heterocycles. The lowest BCUT2D eigenvalue weighted by atomic mass is 9.94. The Labute approximate surface area is 272 Å². The maximum absolute atomic E-state index is 14.6. The van der Waals surface area contributed by atoms with Gasteiger partial charge in [0.1, 0.15) is 18.3 Å². The van der Waals surface area contributed by atoms with Gasteiger partial charge in [0.25, 0.3) is 10.0 Å². The Hall–Kier alpha value is -4.63. The number of rotatable bonds is 13. The summed E-state index contributed by atoms with van der Waals surface area (Å²) >= 11 is 0. The maximum Gasteiger partial charge on any atom is 0.264 e. The molecule has 240 valence electrons. The molecule has 5 rings (SSSR count). The highest BCUT2D eigenvalue weighted by atomic mass is 32.2. The molecule has 0 aliphatic heterocycles. The van der Waals surface area contributed by atoms with E-state index < -0.39 is 28.5 Å². The van der Waals surface area contributed by atoms with Gasteiger partial charge in [0.15, 0.2) is 0 Å². The molecule has 1 fully saturated rings. The predicted molar refractivity (Wildman–Crippen MR) is 180 cm³/mol. The molecule has 46 heavy (non-hydrogen) atoms. The molecule has 8 nitrogen and oxygen atoms in total. The van der Waals surface area contributed by atoms with Gasteiger partial charge in [-0.1, -0.05) is 110 Å². The minimum Gasteiger partial charge on any atom is -0.495 e. The number of anilines is 1. The van der Waals surface area contributed by atoms with Gasteiger partial charge in [0, 0.05) is 19.0 Å². The summed E-state index contributed by atoms with van der Waals surface area (Å²) in [4.78, 5) is 30.4. The van der Waals surface area contributed by atoms with Gasteiger partial charge in [0.2, 0.25) is 11.8 Å². The molecule has 0 unspecified atom stereocenters. The Kier molecular flexibility index (Phi) is 11.1. The molecule has 9 heteroatoms. The molecule has 1 N–H and O–H groups in total. The van der Waals surface area contributed by atoms with Crippen LogP contribution in [0.2, 0.25) is 0 Å². The Morgan fingerprint density at radius 3 is 1.98 bits per heavy atom. The summed E-state index contributed by atoms with van der Waals surface area (Å²) in [6.07, 6.45) is 5.31. The average molecular weight is 640 g/mol. The van der Waals surface area contributed by atoms with Crippen LogP contribution in [-0.2, 0) is 32.6 Å². The summed E-state index contributed by atoms with van der Waals surface area (Å²) in [7, 11) is -2.75. The lowest BCUT2D eigenvalue weighted by Gasteiger charge is -2.35. The van der Waals surface area contributed by atoms with Crippen LogP contribution in [0.3, 0.4) is 0 Å². The van der Waals surface area contributed by atoms with Crippen molar-refractivity contribution in [2.45, 2.75) is 62.0 Å². The second kappa shape index (κ2) is 15.6. The summed E-state index contributed by atoms with van der Waals surface area (Å²) < 4.78 is 35.0. The highest BCUT2D eigenvalue weighted by molar-refractivity contribution is 7.92. The first-order valence-corrected chi connectivity index (χ1v) is 17.2. The molecule has 1 atom stereocenters. The van der Waals surface area contributed by atoms with Crippen molar-refractivity contribution in [3.05, 3.63) is 126 Å². The van der Waals surface area contributed by atoms with Crippen molar-refractivity contribution in [1.82, 2.24) is 10.2 Å². The first kappa shape index (κ1) is 32.8. The Bertz CT molecular complexity index is 1680. The third-order valence-electron chi connectivity index (χ3n) is 8.38. The van der Waals surface area contributed by atoms with Crippen LogP contribution in [0.5, 0.6) is 5.75 Å². The van der Waals surface area contributed by atoms with Crippen LogP contribution in [0.4, 0.5) is 5.69 Å². The summed E-state index contributed by atoms with van der Waals surface area (Å²) in [6, 6.07) is 32.9. The molecule has 4 aromatic carbocycles. The maximum atomic E-state index is 14.6. The number of hydrogen-bond donors (Lipinski definition) is 1. The second-order valence-corrected chi connectivity index (χ2v) is 13.4. The van der Waals surface area contributed by atoms with Crippen LogP contribution in [0.1, 0.15) is 43.2 Å². The van der Waals surface area contributed by atoms with Crippen molar-refractivity contribution in [2.75, 3.05) is 18.0 Å². The van der Waals surface area contributed by atoms with E-state index in [4.69, 9.17) is 4.74 Å². The first-order chi connectivity index (χ1) is 22.4. The van der Waals surface area contributed by atoms with Crippen LogP contribution in [0.15, 0.2) is 120 Å². The molecule has 0 aromatic heterocycles. The molecule has 1 aliphatic carbocycles. The molecule has 1 saturated carbocycles. The topological polar surface area (TPSA) is 96.0 Å². The quantitative estimate of drug-likeness (QED) is 0.194. The van der Waals surface area contributed by atoms with Crippen molar-refractivity contribution in [2.24, 2.45) is 0 Å². The lowest BCUT2D eigenvalue weighted by Crippen LogP contribution is -2.55. The molecule has 0 radical (unpaired) electrons. The van der Waals surface area contributed by atoms with E-state index in [1.165, 1.54) is 24.1 Å². The first-order valence-electron chi connectivity index (χ1n) is 15.8. The van der Waals surface area contributed by atoms with Crippen LogP contribution in [0.25, 0.3) is 0 Å². The van der Waals surface area contributed by atoms with E-state index in [1.54, 1.807) is 42.5 Å². The average Bonchev–Trinajstić information content (AvgIpc) is 3.10. The zero-order valence-electron chi connectivity index (χ0n) is 26.1. The molecule has 1 aliphatic rings. The van der Waals surface area contributed by atoms with E-state index >= 15 is 0 Å². The van der Waals surface area contributed by atoms with Gasteiger partial charge < -0.3 is 15.0 Å². The Morgan fingerprint density at radius 1 is 0.783 bits per heavy atom. The number of hydrogen-bond acceptors (Lipinski definition) is 5. The zero-order valence-corrected chi connectivity index (χ0v) is 26.9. The van der Waals surface area contributed by atoms with Gasteiger partial charge >= 0.3 is 0 Å². The van der Waals surface area contributed by atoms with Gasteiger partial charge in [-0.2, -0.15) is 0 Å². The van der Waals surface area contributed by atoms with Gasteiger partial charge in [0.05, 0.1) is 17.7 Å². The van der Waals surface area contributed by atoms with Crippen molar-refractivity contribution in [3.8, 4) is 5.75 Å². The van der Waals surface area contributed by atoms with E-state index in [0.717, 1.165) is 47.5 Å². The number of nitrogens with zero attached hydrogens (tertiary/aromatic N) is 2. The minimum atomic E-state index is -4.21. The Morgan fingerprint density at radius 2 is 1.35 bits per heavy atom. The van der Waals surface area contributed by atoms with Gasteiger partial charge in [-0.05, 0) is 48.2 Å². The van der Waals surface area contributed by atoms with Crippen molar-refractivity contribution in [3.63, 3.8) is 0 Å². The van der Waals surface area contributed by atoms with E-state index in [2.05, 4.69) is 5.32 Å². The number of carbonyl (C=O) groups is 2. The van der Waals surface area contributed by atoms with Crippen molar-refractivity contribution in [1.29, 1.82) is 0 Å². The number of ether oxygens (including phenoxy) is 1. The number of benzene rings is 4. The van der Waals surface area contributed by atoms with Crippen LogP contribution < -0.4 is 14.4 Å². The highest BCUT2D eigenvalue weighted by Gasteiger charge is 2.36. The molecule has 0 spiro atoms. The third kappa shape index (κ3) is 8.14. The molecule has 2 amide bonds. The predicted octanol–water partition coefficient (Wildman–Crippen LogP) is 5.98. The fourth-order valence-corrected chi connectivity index (χ4v) is 7.39. The SMILES string of the molecule is COc1ccccc1N(CC(=O)N(Cc1ccccc1)[C@@H](Cc1ccccc1)C(=O)NC1CCCCC1)S(=O)(=O)c1ccccc1. The van der Waals surface area contributed by atoms with Gasteiger partial charge in [-0.15, -0.1) is 0 Å². The fraction of sp³-hybridized carbons (Fsp3) is 0.297. The normalized spacial score (nSPS) is 14.2. The standard InChI is InChI=1S/C37H41N3O5S/c1-45-35-25-15-14-24-33(35)40(46(43,44)32-22-12-5-13-23-32)28-36(41)39(27-30-18-8-3-9-19-30)34(26-29-16-6-2-7-17-29)37(42)38-31-20-10-4-11-21-31/h2-3,5-9,12-19,22-25,31,34H,4,10-11,20-21,26-28H2,1H3,(H,38,42)/t34-/m0/s1. The summed E-state index contributed by atoms with van der Waals surface area (Å²) in [5.41, 5.74) is 1.96. The van der Waals surface area contributed by atoms with Crippen LogP contribution in [-0.4, -0.2) is 50.9 Å². The second-order valence-electron chi connectivity index (χ2n) is 11.6. The van der Waals surface area contributed by atoms with E-state index in [0.29, 0.717) is 5.75 Å². The van der Waals surface area contributed by atoms with Crippen molar-refractivity contribution < 1.29 is 22.7 Å². The van der Waals surface area contributed by atoms with E-state index in [1.807, 2.05) is 60.7 Å². The lowest BCUT2D eigenvalue weighted by molar-refractivity contribution is -0.140. The zero-order chi connectivity index (χ0) is 32.4. The monoisotopic (exact) mass is 639 g/mol. The summed E-state index contributed by atoms with van der Waals surface area (Å²) in [5.74, 6) is -0.441. The summed E-state index contributed by atoms with van der Waals surface area (Å²) in [6.45, 7) is -0.410. The third-order valence-corrected chi connectivity index (χ3v) is 10.2. The highest BCUT2D eigenvalue weighted by Crippen LogP contribution is 2.32. The van der Waals surface area contributed by atoms with Crippen molar-refractivity contribution >= 4 is 27.5 Å². The summed E-state index contributed by atoms with van der Waals surface area (Å²) in [5, 5.41) is 3.24. The minimum absolute atomic E-state index is 0.0386. The number of nitrogens with one attached hydrogen (secondary N) is 1. The fourth-order valence-electron chi connectivity index (χ4n) is 5.95. The molecular formula is C37H41N3O5S. The number of carbonyl (C=O) groups excluding carboxylic acids is 2.